The van der Waals surface area contributed by atoms with E-state index in [-0.39, 0.29) is 46.5 Å². The first-order valence-electron chi connectivity index (χ1n) is 16.6. The molecule has 0 bridgehead atoms. The molecule has 0 radical (unpaired) electrons. The van der Waals surface area contributed by atoms with E-state index >= 15 is 0 Å². The Hall–Kier alpha value is -3.34. The summed E-state index contributed by atoms with van der Waals surface area (Å²) >= 11 is 0. The number of methoxy groups -OCH3 is 1. The maximum Gasteiger partial charge on any atom is 0.394 e. The summed E-state index contributed by atoms with van der Waals surface area (Å²) in [5.41, 5.74) is 1.71. The lowest BCUT2D eigenvalue weighted by molar-refractivity contribution is -0.268. The molecule has 0 spiro atoms. The molecule has 7 rings (SSSR count). The number of ether oxygens (including phenoxy) is 3. The van der Waals surface area contributed by atoms with Crippen LogP contribution in [-0.4, -0.2) is 81.4 Å². The molecule has 2 aromatic carbocycles. The summed E-state index contributed by atoms with van der Waals surface area (Å²) in [6, 6.07) is 13.4. The van der Waals surface area contributed by atoms with Crippen LogP contribution in [0.3, 0.4) is 0 Å². The first-order valence-corrected chi connectivity index (χ1v) is 18.0. The zero-order valence-electron chi connectivity index (χ0n) is 28.9. The summed E-state index contributed by atoms with van der Waals surface area (Å²) < 4.78 is 76.8. The fourth-order valence-electron chi connectivity index (χ4n) is 8.08. The number of nitrogens with one attached hydrogen (secondary N) is 1. The van der Waals surface area contributed by atoms with E-state index in [0.717, 1.165) is 50.8 Å². The van der Waals surface area contributed by atoms with Gasteiger partial charge in [-0.3, -0.25) is 19.2 Å². The predicted molar refractivity (Wildman–Crippen MR) is 181 cm³/mol. The number of hydrogen-bond donors (Lipinski definition) is 4. The van der Waals surface area contributed by atoms with Gasteiger partial charge >= 0.3 is 10.4 Å². The van der Waals surface area contributed by atoms with Crippen molar-refractivity contribution >= 4 is 16.3 Å². The van der Waals surface area contributed by atoms with E-state index in [2.05, 4.69) is 23.9 Å². The summed E-state index contributed by atoms with van der Waals surface area (Å²) in [5, 5.41) is 20.0. The number of benzene rings is 2. The molecule has 0 amide bonds. The maximum absolute atomic E-state index is 13.1. The van der Waals surface area contributed by atoms with Gasteiger partial charge in [-0.05, 0) is 86.8 Å². The SMILES string of the molecule is CCO.COC(=N)[C@@]12OC[C@]1(C)CC[C@@H]2Cc1ccc(F)cc1.C[C@@]12CC[C@H](Cc3ccc(F)cc3)[C@]1(Cn1cncn1)OC2.O=S(=O)(O)O. The lowest BCUT2D eigenvalue weighted by atomic mass is 9.67. The largest absolute Gasteiger partial charge is 0.482 e. The Bertz CT molecular complexity index is 1660. The van der Waals surface area contributed by atoms with Gasteiger partial charge in [0.2, 0.25) is 5.90 Å². The van der Waals surface area contributed by atoms with Crippen LogP contribution in [0.4, 0.5) is 8.78 Å². The van der Waals surface area contributed by atoms with Crippen molar-refractivity contribution in [2.24, 2.45) is 22.7 Å². The molecule has 2 saturated carbocycles. The Labute approximate surface area is 292 Å². The van der Waals surface area contributed by atoms with Crippen molar-refractivity contribution in [2.45, 2.75) is 77.0 Å². The van der Waals surface area contributed by atoms with Crippen molar-refractivity contribution in [3.05, 3.63) is 83.9 Å². The van der Waals surface area contributed by atoms with Gasteiger partial charge in [-0.1, -0.05) is 38.1 Å². The highest BCUT2D eigenvalue weighted by Crippen LogP contribution is 2.61. The minimum atomic E-state index is -4.67. The molecule has 50 heavy (non-hydrogen) atoms. The van der Waals surface area contributed by atoms with E-state index in [9.17, 15) is 8.78 Å². The fourth-order valence-corrected chi connectivity index (χ4v) is 8.08. The Morgan fingerprint density at radius 1 is 0.940 bits per heavy atom. The molecule has 276 valence electrons. The van der Waals surface area contributed by atoms with Gasteiger partial charge in [-0.25, -0.2) is 13.8 Å². The van der Waals surface area contributed by atoms with E-state index in [0.29, 0.717) is 12.5 Å². The van der Waals surface area contributed by atoms with Gasteiger partial charge in [-0.15, -0.1) is 0 Å². The first-order chi connectivity index (χ1) is 23.5. The monoisotopic (exact) mass is 722 g/mol. The standard InChI is InChI=1S/C17H20FN3O.C16H20FNO2.C2H6O.H2O4S/c1-16-7-6-14(8-13-2-4-15(18)5-3-13)17(16,22-10-16)9-21-12-19-11-20-21;1-15-8-7-12(9-11-3-5-13(17)6-4-11)16(15,20-10-15)14(18)19-2;1-2-3;1-5(2,3)4/h2-5,11-12,14H,6-10H2,1H3;3-6,12,18H,7-10H2,1-2H3;3H,2H2,1H3;(H2,1,2,3,4)/t14-,16+,17+;12-,15+,16-;;/m11../s1. The zero-order chi connectivity index (χ0) is 36.8. The molecular formula is C35H48F2N4O8S. The molecule has 6 atom stereocenters. The van der Waals surface area contributed by atoms with Crippen LogP contribution in [0.15, 0.2) is 61.2 Å². The summed E-state index contributed by atoms with van der Waals surface area (Å²) in [4.78, 5) is 4.04. The van der Waals surface area contributed by atoms with Crippen LogP contribution in [0.25, 0.3) is 0 Å². The number of fused-ring (bicyclic) bond motifs is 2. The molecule has 12 nitrogen and oxygen atoms in total. The van der Waals surface area contributed by atoms with Gasteiger partial charge < -0.3 is 19.3 Å². The van der Waals surface area contributed by atoms with Crippen LogP contribution in [0.5, 0.6) is 0 Å². The van der Waals surface area contributed by atoms with Crippen LogP contribution >= 0.6 is 0 Å². The minimum Gasteiger partial charge on any atom is -0.482 e. The van der Waals surface area contributed by atoms with Gasteiger partial charge in [-0.2, -0.15) is 13.5 Å². The highest BCUT2D eigenvalue weighted by Gasteiger charge is 2.69. The van der Waals surface area contributed by atoms with Crippen molar-refractivity contribution in [2.75, 3.05) is 26.9 Å². The molecule has 1 aromatic heterocycles. The number of halogens is 2. The third-order valence-corrected chi connectivity index (χ3v) is 10.7. The average molecular weight is 723 g/mol. The predicted octanol–water partition coefficient (Wildman–Crippen LogP) is 5.37. The molecule has 4 N–H and O–H groups in total. The molecule has 3 aromatic rings. The summed E-state index contributed by atoms with van der Waals surface area (Å²) in [6.07, 6.45) is 9.41. The van der Waals surface area contributed by atoms with Crippen molar-refractivity contribution in [1.82, 2.24) is 14.8 Å². The van der Waals surface area contributed by atoms with E-state index in [4.69, 9.17) is 42.2 Å². The second-order valence-corrected chi connectivity index (χ2v) is 14.7. The maximum atomic E-state index is 13.1. The van der Waals surface area contributed by atoms with Crippen molar-refractivity contribution in [3.63, 3.8) is 0 Å². The summed E-state index contributed by atoms with van der Waals surface area (Å²) in [6.45, 7) is 8.68. The van der Waals surface area contributed by atoms with Gasteiger partial charge in [0.15, 0.2) is 5.60 Å². The smallest absolute Gasteiger partial charge is 0.394 e. The van der Waals surface area contributed by atoms with Crippen LogP contribution in [0.2, 0.25) is 0 Å². The topological polar surface area (TPSA) is 177 Å². The molecule has 2 saturated heterocycles. The fraction of sp³-hybridized carbons (Fsp3) is 0.571. The number of hydrogen-bond acceptors (Lipinski definition) is 9. The van der Waals surface area contributed by atoms with Gasteiger partial charge in [0.05, 0.1) is 32.5 Å². The van der Waals surface area contributed by atoms with Crippen molar-refractivity contribution in [3.8, 4) is 0 Å². The lowest BCUT2D eigenvalue weighted by Crippen LogP contribution is -2.66. The second kappa shape index (κ2) is 15.9. The Morgan fingerprint density at radius 2 is 1.42 bits per heavy atom. The summed E-state index contributed by atoms with van der Waals surface area (Å²) in [5.74, 6) is 0.484. The number of aromatic nitrogens is 3. The van der Waals surface area contributed by atoms with E-state index in [1.807, 2.05) is 28.9 Å². The molecule has 4 fully saturated rings. The molecule has 15 heteroatoms. The minimum absolute atomic E-state index is 0.00475. The van der Waals surface area contributed by atoms with Crippen molar-refractivity contribution < 1.29 is 45.6 Å². The van der Waals surface area contributed by atoms with Gasteiger partial charge in [0.25, 0.3) is 0 Å². The average Bonchev–Trinajstić information content (AvgIpc) is 3.68. The normalized spacial score (nSPS) is 30.3. The lowest BCUT2D eigenvalue weighted by Gasteiger charge is -2.56. The number of nitrogens with zero attached hydrogens (tertiary/aromatic N) is 3. The van der Waals surface area contributed by atoms with Crippen LogP contribution in [0.1, 0.15) is 57.6 Å². The molecule has 4 aliphatic rings. The Balaban J connectivity index is 0.000000186. The molecular weight excluding hydrogens is 674 g/mol. The van der Waals surface area contributed by atoms with E-state index in [1.54, 1.807) is 19.6 Å². The van der Waals surface area contributed by atoms with Gasteiger partial charge in [0, 0.05) is 23.4 Å². The van der Waals surface area contributed by atoms with Crippen molar-refractivity contribution in [1.29, 1.82) is 5.41 Å². The molecule has 0 unspecified atom stereocenters. The third-order valence-electron chi connectivity index (χ3n) is 10.7. The number of aliphatic hydroxyl groups excluding tert-OH is 1. The molecule has 2 aliphatic heterocycles. The van der Waals surface area contributed by atoms with Crippen LogP contribution in [-0.2, 0) is 44.0 Å². The summed E-state index contributed by atoms with van der Waals surface area (Å²) in [7, 11) is -3.13. The number of aliphatic hydroxyl groups is 1. The first kappa shape index (κ1) is 39.4. The van der Waals surface area contributed by atoms with E-state index < -0.39 is 16.0 Å². The quantitative estimate of drug-likeness (QED) is 0.141. The molecule has 2 aliphatic carbocycles. The zero-order valence-corrected chi connectivity index (χ0v) is 29.7. The number of rotatable bonds is 7. The molecule has 3 heterocycles. The Kier molecular flexibility index (Phi) is 12.6. The van der Waals surface area contributed by atoms with E-state index in [1.165, 1.54) is 43.4 Å². The highest BCUT2D eigenvalue weighted by atomic mass is 32.3. The highest BCUT2D eigenvalue weighted by molar-refractivity contribution is 7.79. The van der Waals surface area contributed by atoms with Crippen LogP contribution < -0.4 is 0 Å². The second-order valence-electron chi connectivity index (χ2n) is 13.8. The third kappa shape index (κ3) is 8.40. The van der Waals surface area contributed by atoms with Gasteiger partial charge in [0.1, 0.15) is 24.3 Å². The van der Waals surface area contributed by atoms with Crippen LogP contribution in [0, 0.1) is 39.7 Å². The Morgan fingerprint density at radius 3 is 1.84 bits per heavy atom.